The fourth-order valence-corrected chi connectivity index (χ4v) is 1.85. The molecule has 0 aliphatic rings. The Morgan fingerprint density at radius 1 is 0.864 bits per heavy atom. The van der Waals surface area contributed by atoms with E-state index in [0.29, 0.717) is 17.7 Å². The van der Waals surface area contributed by atoms with Gasteiger partial charge in [0.15, 0.2) is 0 Å². The van der Waals surface area contributed by atoms with Crippen LogP contribution in [0.3, 0.4) is 0 Å². The summed E-state index contributed by atoms with van der Waals surface area (Å²) in [5.41, 5.74) is 0.964. The van der Waals surface area contributed by atoms with Gasteiger partial charge in [0.05, 0.1) is 12.1 Å². The molecule has 22 heavy (non-hydrogen) atoms. The van der Waals surface area contributed by atoms with E-state index in [2.05, 4.69) is 9.98 Å². The zero-order chi connectivity index (χ0) is 16.0. The average Bonchev–Trinajstić information content (AvgIpc) is 2.48. The van der Waals surface area contributed by atoms with E-state index < -0.39 is 5.54 Å². The number of aliphatic imine (C=N–C) groups is 2. The van der Waals surface area contributed by atoms with E-state index >= 15 is 0 Å². The van der Waals surface area contributed by atoms with Gasteiger partial charge in [0.25, 0.3) is 0 Å². The van der Waals surface area contributed by atoms with Gasteiger partial charge in [-0.15, -0.1) is 0 Å². The number of phenolic OH excluding ortho intramolecular Hbond substituents is 2. The molecule has 0 heterocycles. The molecule has 0 atom stereocenters. The van der Waals surface area contributed by atoms with Gasteiger partial charge in [0.2, 0.25) is 0 Å². The maximum atomic E-state index is 9.71. The third-order valence-electron chi connectivity index (χ3n) is 3.14. The number of benzene rings is 2. The molecule has 4 heteroatoms. The lowest BCUT2D eigenvalue weighted by atomic mass is 10.1. The summed E-state index contributed by atoms with van der Waals surface area (Å²) in [6.07, 6.45) is 3.30. The summed E-state index contributed by atoms with van der Waals surface area (Å²) in [7, 11) is 0. The van der Waals surface area contributed by atoms with Crippen LogP contribution in [0.1, 0.15) is 25.0 Å². The quantitative estimate of drug-likeness (QED) is 0.830. The van der Waals surface area contributed by atoms with Crippen molar-refractivity contribution in [2.45, 2.75) is 19.4 Å². The molecule has 2 aromatic rings. The third-order valence-corrected chi connectivity index (χ3v) is 3.14. The van der Waals surface area contributed by atoms with E-state index in [1.165, 1.54) is 0 Å². The number of phenols is 2. The Kier molecular flexibility index (Phi) is 4.94. The van der Waals surface area contributed by atoms with Crippen LogP contribution in [0.5, 0.6) is 11.5 Å². The molecule has 114 valence electrons. The molecule has 0 aliphatic heterocycles. The molecule has 2 aromatic carbocycles. The van der Waals surface area contributed by atoms with E-state index in [9.17, 15) is 10.2 Å². The Bertz CT molecular complexity index is 691. The van der Waals surface area contributed by atoms with Crippen LogP contribution >= 0.6 is 0 Å². The van der Waals surface area contributed by atoms with Gasteiger partial charge < -0.3 is 10.2 Å². The Labute approximate surface area is 130 Å². The van der Waals surface area contributed by atoms with Crippen molar-refractivity contribution in [2.75, 3.05) is 6.54 Å². The van der Waals surface area contributed by atoms with Gasteiger partial charge in [-0.05, 0) is 38.1 Å². The first-order chi connectivity index (χ1) is 10.5. The molecule has 0 amide bonds. The highest BCUT2D eigenvalue weighted by Gasteiger charge is 2.14. The van der Waals surface area contributed by atoms with E-state index in [4.69, 9.17) is 0 Å². The Hall–Kier alpha value is -2.62. The van der Waals surface area contributed by atoms with E-state index in [-0.39, 0.29) is 11.5 Å². The van der Waals surface area contributed by atoms with Crippen molar-refractivity contribution in [1.29, 1.82) is 0 Å². The number of hydrogen-bond donors (Lipinski definition) is 2. The SMILES string of the molecule is CC(C)(CN=Cc1ccccc1O)N=Cc1ccccc1O. The summed E-state index contributed by atoms with van der Waals surface area (Å²) in [5.74, 6) is 0.418. The highest BCUT2D eigenvalue weighted by atomic mass is 16.3. The van der Waals surface area contributed by atoms with Gasteiger partial charge >= 0.3 is 0 Å². The van der Waals surface area contributed by atoms with Gasteiger partial charge in [-0.25, -0.2) is 0 Å². The Morgan fingerprint density at radius 3 is 1.91 bits per heavy atom. The topological polar surface area (TPSA) is 65.2 Å². The molecule has 0 unspecified atom stereocenters. The first kappa shape index (κ1) is 15.8. The second-order valence-corrected chi connectivity index (χ2v) is 5.66. The van der Waals surface area contributed by atoms with Crippen molar-refractivity contribution in [3.63, 3.8) is 0 Å². The van der Waals surface area contributed by atoms with Gasteiger partial charge in [-0.3, -0.25) is 9.98 Å². The van der Waals surface area contributed by atoms with E-state index in [1.54, 1.807) is 48.8 Å². The van der Waals surface area contributed by atoms with Crippen LogP contribution in [0.4, 0.5) is 0 Å². The number of aromatic hydroxyl groups is 2. The molecule has 0 bridgehead atoms. The lowest BCUT2D eigenvalue weighted by molar-refractivity contribution is 0.473. The van der Waals surface area contributed by atoms with E-state index in [0.717, 1.165) is 0 Å². The summed E-state index contributed by atoms with van der Waals surface area (Å²) < 4.78 is 0. The highest BCUT2D eigenvalue weighted by Crippen LogP contribution is 2.16. The minimum atomic E-state index is -0.400. The van der Waals surface area contributed by atoms with Crippen molar-refractivity contribution in [3.8, 4) is 11.5 Å². The summed E-state index contributed by atoms with van der Waals surface area (Å²) in [6, 6.07) is 14.1. The summed E-state index contributed by atoms with van der Waals surface area (Å²) in [4.78, 5) is 8.83. The summed E-state index contributed by atoms with van der Waals surface area (Å²) in [5, 5.41) is 19.4. The van der Waals surface area contributed by atoms with Crippen LogP contribution < -0.4 is 0 Å². The van der Waals surface area contributed by atoms with Crippen molar-refractivity contribution in [1.82, 2.24) is 0 Å². The molecular formula is C18H20N2O2. The van der Waals surface area contributed by atoms with Crippen LogP contribution in [-0.4, -0.2) is 34.7 Å². The predicted octanol–water partition coefficient (Wildman–Crippen LogP) is 3.41. The Balaban J connectivity index is 2.02. The third kappa shape index (κ3) is 4.45. The molecule has 4 nitrogen and oxygen atoms in total. The molecular weight excluding hydrogens is 276 g/mol. The minimum Gasteiger partial charge on any atom is -0.507 e. The van der Waals surface area contributed by atoms with Gasteiger partial charge in [-0.2, -0.15) is 0 Å². The second-order valence-electron chi connectivity index (χ2n) is 5.66. The lowest BCUT2D eigenvalue weighted by Gasteiger charge is -2.16. The maximum Gasteiger partial charge on any atom is 0.124 e. The fraction of sp³-hybridized carbons (Fsp3) is 0.222. The first-order valence-electron chi connectivity index (χ1n) is 7.09. The van der Waals surface area contributed by atoms with Crippen LogP contribution in [0.2, 0.25) is 0 Å². The average molecular weight is 296 g/mol. The summed E-state index contributed by atoms with van der Waals surface area (Å²) in [6.45, 7) is 4.41. The standard InChI is InChI=1S/C18H20N2O2/c1-18(2,20-12-15-8-4-6-10-17(15)22)13-19-11-14-7-3-5-9-16(14)21/h3-12,21-22H,13H2,1-2H3. The largest absolute Gasteiger partial charge is 0.507 e. The molecule has 0 saturated heterocycles. The van der Waals surface area contributed by atoms with Gasteiger partial charge in [0.1, 0.15) is 11.5 Å². The zero-order valence-corrected chi connectivity index (χ0v) is 12.8. The Morgan fingerprint density at radius 2 is 1.36 bits per heavy atom. The van der Waals surface area contributed by atoms with Crippen molar-refractivity contribution >= 4 is 12.4 Å². The molecule has 0 saturated carbocycles. The van der Waals surface area contributed by atoms with Gasteiger partial charge in [0, 0.05) is 23.6 Å². The van der Waals surface area contributed by atoms with Crippen molar-refractivity contribution in [2.24, 2.45) is 9.98 Å². The minimum absolute atomic E-state index is 0.208. The molecule has 0 radical (unpaired) electrons. The molecule has 0 spiro atoms. The fourth-order valence-electron chi connectivity index (χ4n) is 1.85. The van der Waals surface area contributed by atoms with Crippen LogP contribution in [0.15, 0.2) is 58.5 Å². The molecule has 2 rings (SSSR count). The molecule has 0 fully saturated rings. The number of rotatable bonds is 5. The molecule has 0 aromatic heterocycles. The smallest absolute Gasteiger partial charge is 0.124 e. The summed E-state index contributed by atoms with van der Waals surface area (Å²) >= 11 is 0. The highest BCUT2D eigenvalue weighted by molar-refractivity contribution is 5.84. The number of nitrogens with zero attached hydrogens (tertiary/aromatic N) is 2. The van der Waals surface area contributed by atoms with Crippen molar-refractivity contribution in [3.05, 3.63) is 59.7 Å². The van der Waals surface area contributed by atoms with E-state index in [1.807, 2.05) is 26.0 Å². The normalized spacial score (nSPS) is 12.3. The van der Waals surface area contributed by atoms with Crippen LogP contribution in [-0.2, 0) is 0 Å². The predicted molar refractivity (Wildman–Crippen MR) is 90.3 cm³/mol. The second kappa shape index (κ2) is 6.89. The molecule has 2 N–H and O–H groups in total. The number of para-hydroxylation sites is 2. The zero-order valence-electron chi connectivity index (χ0n) is 12.8. The van der Waals surface area contributed by atoms with Crippen molar-refractivity contribution < 1.29 is 10.2 Å². The first-order valence-corrected chi connectivity index (χ1v) is 7.09. The lowest BCUT2D eigenvalue weighted by Crippen LogP contribution is -2.21. The number of hydrogen-bond acceptors (Lipinski definition) is 4. The maximum absolute atomic E-state index is 9.71. The molecule has 0 aliphatic carbocycles. The van der Waals surface area contributed by atoms with Crippen LogP contribution in [0, 0.1) is 0 Å². The van der Waals surface area contributed by atoms with Crippen LogP contribution in [0.25, 0.3) is 0 Å². The van der Waals surface area contributed by atoms with Gasteiger partial charge in [-0.1, -0.05) is 24.3 Å². The monoisotopic (exact) mass is 296 g/mol.